The third kappa shape index (κ3) is 4.84. The van der Waals surface area contributed by atoms with Gasteiger partial charge in [0.1, 0.15) is 0 Å². The Kier molecular flexibility index (Phi) is 5.80. The zero-order valence-corrected chi connectivity index (χ0v) is 16.6. The van der Waals surface area contributed by atoms with Crippen molar-refractivity contribution in [2.75, 3.05) is 13.1 Å². The Morgan fingerprint density at radius 2 is 1.87 bits per heavy atom. The predicted octanol–water partition coefficient (Wildman–Crippen LogP) is 4.69. The molecule has 0 N–H and O–H groups in total. The maximum atomic E-state index is 12.6. The molecule has 1 aliphatic rings. The molecule has 1 aliphatic heterocycles. The molecule has 0 spiro atoms. The highest BCUT2D eigenvalue weighted by atomic mass is 32.2. The molecular weight excluding hydrogens is 415 g/mol. The second-order valence-corrected chi connectivity index (χ2v) is 8.35. The number of amides is 1. The summed E-state index contributed by atoms with van der Waals surface area (Å²) in [5.41, 5.74) is 1.45. The summed E-state index contributed by atoms with van der Waals surface area (Å²) >= 11 is 1.65. The Hall–Kier alpha value is -2.81. The lowest BCUT2D eigenvalue weighted by Gasteiger charge is -2.16. The van der Waals surface area contributed by atoms with Gasteiger partial charge < -0.3 is 9.42 Å². The molecule has 2 heterocycles. The molecular formula is C21H18F3N3O2S. The van der Waals surface area contributed by atoms with Crippen LogP contribution in [-0.4, -0.2) is 39.3 Å². The molecule has 156 valence electrons. The van der Waals surface area contributed by atoms with Crippen LogP contribution in [0.3, 0.4) is 0 Å². The Morgan fingerprint density at radius 1 is 1.13 bits per heavy atom. The van der Waals surface area contributed by atoms with Crippen LogP contribution in [0.2, 0.25) is 0 Å². The van der Waals surface area contributed by atoms with Crippen LogP contribution in [0.5, 0.6) is 0 Å². The van der Waals surface area contributed by atoms with Gasteiger partial charge in [-0.15, -0.1) is 11.8 Å². The minimum atomic E-state index is -4.66. The van der Waals surface area contributed by atoms with Crippen LogP contribution in [0.25, 0.3) is 11.4 Å². The number of alkyl halides is 3. The zero-order valence-electron chi connectivity index (χ0n) is 15.8. The maximum Gasteiger partial charge on any atom is 0.471 e. The van der Waals surface area contributed by atoms with Crippen molar-refractivity contribution in [1.29, 1.82) is 0 Å². The predicted molar refractivity (Wildman–Crippen MR) is 106 cm³/mol. The molecule has 0 aliphatic carbocycles. The first-order chi connectivity index (χ1) is 14.4. The molecule has 4 rings (SSSR count). The Labute approximate surface area is 175 Å². The van der Waals surface area contributed by atoms with Crippen molar-refractivity contribution in [3.05, 3.63) is 66.1 Å². The van der Waals surface area contributed by atoms with E-state index in [0.29, 0.717) is 18.5 Å². The highest BCUT2D eigenvalue weighted by Gasteiger charge is 2.38. The molecule has 30 heavy (non-hydrogen) atoms. The van der Waals surface area contributed by atoms with Crippen molar-refractivity contribution >= 4 is 17.7 Å². The molecule has 0 unspecified atom stereocenters. The number of hydrogen-bond donors (Lipinski definition) is 0. The van der Waals surface area contributed by atoms with Gasteiger partial charge in [0.25, 0.3) is 0 Å². The number of nitrogens with zero attached hydrogens (tertiary/aromatic N) is 3. The summed E-state index contributed by atoms with van der Waals surface area (Å²) in [6.07, 6.45) is -3.36. The van der Waals surface area contributed by atoms with E-state index in [0.717, 1.165) is 23.4 Å². The molecule has 1 amide bonds. The second-order valence-electron chi connectivity index (χ2n) is 6.98. The molecule has 1 saturated heterocycles. The van der Waals surface area contributed by atoms with Crippen molar-refractivity contribution < 1.29 is 22.5 Å². The van der Waals surface area contributed by atoms with Gasteiger partial charge in [0, 0.05) is 28.8 Å². The molecule has 1 aromatic heterocycles. The first-order valence-corrected chi connectivity index (χ1v) is 10.3. The summed E-state index contributed by atoms with van der Waals surface area (Å²) in [5.74, 6) is -1.34. The average molecular weight is 433 g/mol. The van der Waals surface area contributed by atoms with E-state index in [-0.39, 0.29) is 17.0 Å². The fourth-order valence-corrected chi connectivity index (χ4v) is 4.42. The SMILES string of the molecule is O=C(Cc1ccccc1)N1CC[C@@H](Sc2ccc(-c3noc(C(F)(F)F)n3)cc2)C1. The van der Waals surface area contributed by atoms with E-state index in [1.54, 1.807) is 23.9 Å². The second kappa shape index (κ2) is 8.51. The van der Waals surface area contributed by atoms with E-state index >= 15 is 0 Å². The highest BCUT2D eigenvalue weighted by molar-refractivity contribution is 8.00. The smallest absolute Gasteiger partial charge is 0.341 e. The molecule has 2 aromatic carbocycles. The molecule has 1 fully saturated rings. The van der Waals surface area contributed by atoms with E-state index in [9.17, 15) is 18.0 Å². The minimum Gasteiger partial charge on any atom is -0.341 e. The van der Waals surface area contributed by atoms with E-state index in [4.69, 9.17) is 0 Å². The zero-order chi connectivity index (χ0) is 21.1. The largest absolute Gasteiger partial charge is 0.471 e. The van der Waals surface area contributed by atoms with Crippen molar-refractivity contribution in [2.45, 2.75) is 29.2 Å². The van der Waals surface area contributed by atoms with E-state index < -0.39 is 12.1 Å². The van der Waals surface area contributed by atoms with E-state index in [2.05, 4.69) is 14.7 Å². The van der Waals surface area contributed by atoms with Gasteiger partial charge in [0.15, 0.2) is 0 Å². The first kappa shape index (κ1) is 20.5. The number of aromatic nitrogens is 2. The molecule has 3 aromatic rings. The van der Waals surface area contributed by atoms with E-state index in [1.807, 2.05) is 47.4 Å². The number of halogens is 3. The summed E-state index contributed by atoms with van der Waals surface area (Å²) in [6.45, 7) is 1.41. The maximum absolute atomic E-state index is 12.6. The lowest BCUT2D eigenvalue weighted by Crippen LogP contribution is -2.30. The molecule has 0 saturated carbocycles. The van der Waals surface area contributed by atoms with Crippen molar-refractivity contribution in [3.63, 3.8) is 0 Å². The number of benzene rings is 2. The van der Waals surface area contributed by atoms with Crippen molar-refractivity contribution in [2.24, 2.45) is 0 Å². The number of carbonyl (C=O) groups excluding carboxylic acids is 1. The topological polar surface area (TPSA) is 59.2 Å². The van der Waals surface area contributed by atoms with Gasteiger partial charge in [0.2, 0.25) is 11.7 Å². The van der Waals surface area contributed by atoms with Crippen LogP contribution < -0.4 is 0 Å². The summed E-state index contributed by atoms with van der Waals surface area (Å²) in [5, 5.41) is 3.67. The quantitative estimate of drug-likeness (QED) is 0.584. The Morgan fingerprint density at radius 3 is 2.53 bits per heavy atom. The number of rotatable bonds is 5. The van der Waals surface area contributed by atoms with Crippen LogP contribution in [0.1, 0.15) is 17.9 Å². The van der Waals surface area contributed by atoms with Crippen LogP contribution in [0.4, 0.5) is 13.2 Å². The normalized spacial score (nSPS) is 16.8. The number of likely N-dealkylation sites (tertiary alicyclic amines) is 1. The molecule has 5 nitrogen and oxygen atoms in total. The lowest BCUT2D eigenvalue weighted by atomic mass is 10.1. The van der Waals surface area contributed by atoms with Gasteiger partial charge in [0.05, 0.1) is 6.42 Å². The van der Waals surface area contributed by atoms with Crippen LogP contribution in [-0.2, 0) is 17.4 Å². The Bertz CT molecular complexity index is 1010. The molecule has 9 heteroatoms. The fourth-order valence-electron chi connectivity index (χ4n) is 3.26. The van der Waals surface area contributed by atoms with Gasteiger partial charge in [-0.1, -0.05) is 35.5 Å². The standard InChI is InChI=1S/C21H18F3N3O2S/c22-21(23,24)20-25-19(26-29-20)15-6-8-16(9-7-15)30-17-10-11-27(13-17)18(28)12-14-4-2-1-3-5-14/h1-9,17H,10-13H2/t17-/m1/s1. The molecule has 1 atom stereocenters. The average Bonchev–Trinajstić information content (AvgIpc) is 3.39. The van der Waals surface area contributed by atoms with Gasteiger partial charge in [-0.2, -0.15) is 18.2 Å². The van der Waals surface area contributed by atoms with Crippen LogP contribution >= 0.6 is 11.8 Å². The first-order valence-electron chi connectivity index (χ1n) is 9.38. The fraction of sp³-hybridized carbons (Fsp3) is 0.286. The Balaban J connectivity index is 1.33. The highest BCUT2D eigenvalue weighted by Crippen LogP contribution is 2.32. The summed E-state index contributed by atoms with van der Waals surface area (Å²) in [6, 6.07) is 16.6. The third-order valence-corrected chi connectivity index (χ3v) is 6.04. The lowest BCUT2D eigenvalue weighted by molar-refractivity contribution is -0.159. The monoisotopic (exact) mass is 433 g/mol. The van der Waals surface area contributed by atoms with Crippen molar-refractivity contribution in [1.82, 2.24) is 15.0 Å². The van der Waals surface area contributed by atoms with Crippen LogP contribution in [0, 0.1) is 0 Å². The number of thioether (sulfide) groups is 1. The van der Waals surface area contributed by atoms with Crippen molar-refractivity contribution in [3.8, 4) is 11.4 Å². The molecule has 0 radical (unpaired) electrons. The van der Waals surface area contributed by atoms with Gasteiger partial charge in [-0.25, -0.2) is 0 Å². The minimum absolute atomic E-state index is 0.0996. The van der Waals surface area contributed by atoms with Crippen LogP contribution in [0.15, 0.2) is 64.0 Å². The molecule has 0 bridgehead atoms. The summed E-state index contributed by atoms with van der Waals surface area (Å²) in [7, 11) is 0. The van der Waals surface area contributed by atoms with Gasteiger partial charge in [-0.05, 0) is 36.2 Å². The summed E-state index contributed by atoms with van der Waals surface area (Å²) < 4.78 is 42.0. The number of carbonyl (C=O) groups is 1. The van der Waals surface area contributed by atoms with Gasteiger partial charge >= 0.3 is 12.1 Å². The van der Waals surface area contributed by atoms with E-state index in [1.165, 1.54) is 0 Å². The third-order valence-electron chi connectivity index (χ3n) is 4.78. The van der Waals surface area contributed by atoms with Gasteiger partial charge in [-0.3, -0.25) is 4.79 Å². The number of hydrogen-bond acceptors (Lipinski definition) is 5. The summed E-state index contributed by atoms with van der Waals surface area (Å²) in [4.78, 5) is 18.8.